The number of amides is 1. The Morgan fingerprint density at radius 1 is 1.53 bits per heavy atom. The Hall–Kier alpha value is -2.22. The van der Waals surface area contributed by atoms with Gasteiger partial charge in [-0.15, -0.1) is 11.3 Å². The lowest BCUT2D eigenvalue weighted by molar-refractivity contribution is -0.138. The van der Waals surface area contributed by atoms with Gasteiger partial charge in [0.2, 0.25) is 5.91 Å². The summed E-state index contributed by atoms with van der Waals surface area (Å²) >= 11 is 1.28. The number of aryl methyl sites for hydroxylation is 1. The molecule has 1 amide bonds. The number of thiophene rings is 1. The van der Waals surface area contributed by atoms with Crippen molar-refractivity contribution in [2.24, 2.45) is 0 Å². The first-order chi connectivity index (χ1) is 8.99. The van der Waals surface area contributed by atoms with Gasteiger partial charge in [0, 0.05) is 0 Å². The molecule has 0 fully saturated rings. The van der Waals surface area contributed by atoms with Crippen molar-refractivity contribution in [1.29, 1.82) is 0 Å². The second-order valence-corrected chi connectivity index (χ2v) is 4.82. The van der Waals surface area contributed by atoms with Crippen LogP contribution in [0.15, 0.2) is 16.5 Å². The van der Waals surface area contributed by atoms with Crippen molar-refractivity contribution in [3.05, 3.63) is 27.6 Å². The van der Waals surface area contributed by atoms with Crippen LogP contribution in [0.3, 0.4) is 0 Å². The lowest BCUT2D eigenvalue weighted by Gasteiger charge is -2.05. The van der Waals surface area contributed by atoms with Gasteiger partial charge < -0.3 is 10.4 Å². The van der Waals surface area contributed by atoms with E-state index in [2.05, 4.69) is 10.3 Å². The molecule has 0 aromatic carbocycles. The summed E-state index contributed by atoms with van der Waals surface area (Å²) in [5.41, 5.74) is 1.25. The molecule has 2 N–H and O–H groups in total. The van der Waals surface area contributed by atoms with E-state index in [1.165, 1.54) is 17.7 Å². The third kappa shape index (κ3) is 2.79. The van der Waals surface area contributed by atoms with Gasteiger partial charge in [0.05, 0.1) is 11.8 Å². The van der Waals surface area contributed by atoms with Gasteiger partial charge in [-0.2, -0.15) is 0 Å². The molecule has 2 heterocycles. The maximum absolute atomic E-state index is 12.1. The molecule has 0 bridgehead atoms. The van der Waals surface area contributed by atoms with Crippen LogP contribution >= 0.6 is 11.3 Å². The Kier molecular flexibility index (Phi) is 3.61. The van der Waals surface area contributed by atoms with Crippen LogP contribution in [0.4, 0.5) is 0 Å². The molecular weight excluding hydrogens is 270 g/mol. The average Bonchev–Trinajstić information content (AvgIpc) is 2.73. The number of fused-ring (bicyclic) bond motifs is 1. The molecule has 2 aromatic heterocycles. The molecular formula is C11H11N3O4S. The molecule has 0 aliphatic rings. The van der Waals surface area contributed by atoms with Crippen molar-refractivity contribution in [3.8, 4) is 0 Å². The van der Waals surface area contributed by atoms with Crippen LogP contribution < -0.4 is 10.9 Å². The predicted octanol–water partition coefficient (Wildman–Crippen LogP) is -0.0328. The predicted molar refractivity (Wildman–Crippen MR) is 69.3 cm³/mol. The van der Waals surface area contributed by atoms with E-state index in [1.54, 1.807) is 0 Å². The van der Waals surface area contributed by atoms with Gasteiger partial charge >= 0.3 is 5.97 Å². The highest BCUT2D eigenvalue weighted by molar-refractivity contribution is 7.17. The number of carbonyl (C=O) groups excluding carboxylic acids is 1. The number of hydrogen-bond donors (Lipinski definition) is 2. The number of carboxylic acid groups (broad SMARTS) is 1. The fourth-order valence-electron chi connectivity index (χ4n) is 1.56. The highest BCUT2D eigenvalue weighted by Gasteiger charge is 2.11. The molecule has 7 nitrogen and oxygen atoms in total. The summed E-state index contributed by atoms with van der Waals surface area (Å²) in [5, 5.41) is 12.4. The van der Waals surface area contributed by atoms with Gasteiger partial charge in [0.1, 0.15) is 17.8 Å². The van der Waals surface area contributed by atoms with Crippen molar-refractivity contribution < 1.29 is 14.7 Å². The number of nitrogens with zero attached hydrogens (tertiary/aromatic N) is 2. The minimum Gasteiger partial charge on any atom is -0.480 e. The first kappa shape index (κ1) is 13.2. The standard InChI is InChI=1S/C11H11N3O4S/c1-6-4-19-10-9(6)13-5-14(11(10)18)3-7(15)12-2-8(16)17/h4-5H,2-3H2,1H3,(H,12,15)(H,16,17). The van der Waals surface area contributed by atoms with E-state index < -0.39 is 18.4 Å². The zero-order chi connectivity index (χ0) is 14.0. The van der Waals surface area contributed by atoms with E-state index >= 15 is 0 Å². The fourth-order valence-corrected chi connectivity index (χ4v) is 2.51. The molecule has 0 unspecified atom stereocenters. The van der Waals surface area contributed by atoms with Crippen LogP contribution in [0.5, 0.6) is 0 Å². The van der Waals surface area contributed by atoms with E-state index in [0.29, 0.717) is 10.2 Å². The van der Waals surface area contributed by atoms with E-state index in [4.69, 9.17) is 5.11 Å². The summed E-state index contributed by atoms with van der Waals surface area (Å²) in [6.45, 7) is 1.14. The molecule has 100 valence electrons. The minimum absolute atomic E-state index is 0.244. The van der Waals surface area contributed by atoms with Gasteiger partial charge in [0.25, 0.3) is 5.56 Å². The normalized spacial score (nSPS) is 10.6. The van der Waals surface area contributed by atoms with Gasteiger partial charge in [-0.3, -0.25) is 19.0 Å². The SMILES string of the molecule is Cc1csc2c(=O)n(CC(=O)NCC(=O)O)cnc12. The molecule has 0 atom stereocenters. The molecule has 2 aromatic rings. The number of hydrogen-bond acceptors (Lipinski definition) is 5. The van der Waals surface area contributed by atoms with Crippen molar-refractivity contribution in [1.82, 2.24) is 14.9 Å². The van der Waals surface area contributed by atoms with Crippen molar-refractivity contribution in [3.63, 3.8) is 0 Å². The van der Waals surface area contributed by atoms with Crippen LogP contribution in [-0.4, -0.2) is 33.1 Å². The van der Waals surface area contributed by atoms with Gasteiger partial charge in [-0.1, -0.05) is 0 Å². The molecule has 0 spiro atoms. The summed E-state index contributed by atoms with van der Waals surface area (Å²) in [7, 11) is 0. The average molecular weight is 281 g/mol. The third-order valence-electron chi connectivity index (χ3n) is 2.47. The van der Waals surface area contributed by atoms with Crippen LogP contribution in [0.1, 0.15) is 5.56 Å². The Bertz CT molecular complexity index is 704. The zero-order valence-electron chi connectivity index (χ0n) is 10.0. The van der Waals surface area contributed by atoms with Gasteiger partial charge in [0.15, 0.2) is 0 Å². The zero-order valence-corrected chi connectivity index (χ0v) is 10.9. The largest absolute Gasteiger partial charge is 0.480 e. The topological polar surface area (TPSA) is 101 Å². The van der Waals surface area contributed by atoms with Crippen molar-refractivity contribution in [2.75, 3.05) is 6.54 Å². The van der Waals surface area contributed by atoms with E-state index in [0.717, 1.165) is 10.1 Å². The molecule has 0 saturated heterocycles. The fraction of sp³-hybridized carbons (Fsp3) is 0.273. The summed E-state index contributed by atoms with van der Waals surface area (Å²) in [6, 6.07) is 0. The second kappa shape index (κ2) is 5.19. The lowest BCUT2D eigenvalue weighted by Crippen LogP contribution is -2.35. The summed E-state index contributed by atoms with van der Waals surface area (Å²) in [5.74, 6) is -1.68. The maximum atomic E-state index is 12.1. The Balaban J connectivity index is 2.22. The highest BCUT2D eigenvalue weighted by atomic mass is 32.1. The molecule has 0 saturated carbocycles. The van der Waals surface area contributed by atoms with Crippen molar-refractivity contribution >= 4 is 33.4 Å². The van der Waals surface area contributed by atoms with Crippen LogP contribution in [-0.2, 0) is 16.1 Å². The Morgan fingerprint density at radius 2 is 2.26 bits per heavy atom. The first-order valence-electron chi connectivity index (χ1n) is 5.40. The number of carbonyl (C=O) groups is 2. The molecule has 2 rings (SSSR count). The smallest absolute Gasteiger partial charge is 0.322 e. The molecule has 0 aliphatic carbocycles. The quantitative estimate of drug-likeness (QED) is 0.819. The second-order valence-electron chi connectivity index (χ2n) is 3.94. The van der Waals surface area contributed by atoms with E-state index in [1.807, 2.05) is 12.3 Å². The number of carboxylic acids is 1. The van der Waals surface area contributed by atoms with Gasteiger partial charge in [-0.05, 0) is 17.9 Å². The van der Waals surface area contributed by atoms with Crippen LogP contribution in [0, 0.1) is 6.92 Å². The number of nitrogens with one attached hydrogen (secondary N) is 1. The third-order valence-corrected chi connectivity index (χ3v) is 3.55. The van der Waals surface area contributed by atoms with E-state index in [-0.39, 0.29) is 12.1 Å². The number of aromatic nitrogens is 2. The summed E-state index contributed by atoms with van der Waals surface area (Å²) in [4.78, 5) is 37.9. The Labute approximate surface area is 111 Å². The first-order valence-corrected chi connectivity index (χ1v) is 6.28. The van der Waals surface area contributed by atoms with E-state index in [9.17, 15) is 14.4 Å². The van der Waals surface area contributed by atoms with Crippen LogP contribution in [0.2, 0.25) is 0 Å². The summed E-state index contributed by atoms with van der Waals surface area (Å²) in [6.07, 6.45) is 1.30. The highest BCUT2D eigenvalue weighted by Crippen LogP contribution is 2.19. The monoisotopic (exact) mass is 281 g/mol. The van der Waals surface area contributed by atoms with Crippen LogP contribution in [0.25, 0.3) is 10.2 Å². The van der Waals surface area contributed by atoms with Gasteiger partial charge in [-0.25, -0.2) is 4.98 Å². The molecule has 0 aliphatic heterocycles. The summed E-state index contributed by atoms with van der Waals surface area (Å²) < 4.78 is 1.65. The Morgan fingerprint density at radius 3 is 2.95 bits per heavy atom. The lowest BCUT2D eigenvalue weighted by atomic mass is 10.3. The minimum atomic E-state index is -1.14. The molecule has 0 radical (unpaired) electrons. The molecule has 8 heteroatoms. The number of rotatable bonds is 4. The molecule has 19 heavy (non-hydrogen) atoms. The van der Waals surface area contributed by atoms with Crippen molar-refractivity contribution in [2.45, 2.75) is 13.5 Å². The number of aliphatic carboxylic acids is 1. The maximum Gasteiger partial charge on any atom is 0.322 e.